The molecule has 1 aromatic carbocycles. The summed E-state index contributed by atoms with van der Waals surface area (Å²) in [5.41, 5.74) is 4.49. The van der Waals surface area contributed by atoms with Gasteiger partial charge in [-0.25, -0.2) is 9.89 Å². The number of piperidine rings is 1. The molecule has 1 amide bonds. The standard InChI is InChI=1S/C18H22N4O2/c1-11-7-8-15(14-6-2-5-13(11)14)17(23)22-9-3-4-12(10-22)16-19-18(24)21-20-16/h7-8,12H,2-6,9-10H2,1H3,(H2,19,20,21,24)/t12-/m1/s1. The van der Waals surface area contributed by atoms with E-state index in [-0.39, 0.29) is 17.5 Å². The molecule has 0 saturated carbocycles. The number of nitrogens with zero attached hydrogens (tertiary/aromatic N) is 2. The fourth-order valence-electron chi connectivity index (χ4n) is 4.12. The van der Waals surface area contributed by atoms with Crippen LogP contribution in [0.3, 0.4) is 0 Å². The zero-order chi connectivity index (χ0) is 16.7. The molecule has 6 heteroatoms. The Kier molecular flexibility index (Phi) is 3.75. The molecule has 1 fully saturated rings. The number of H-pyrrole nitrogens is 2. The maximum atomic E-state index is 13.1. The Morgan fingerprint density at radius 1 is 1.25 bits per heavy atom. The van der Waals surface area contributed by atoms with Crippen molar-refractivity contribution in [3.63, 3.8) is 0 Å². The molecular formula is C18H22N4O2. The molecule has 2 aromatic rings. The summed E-state index contributed by atoms with van der Waals surface area (Å²) in [6.07, 6.45) is 5.09. The van der Waals surface area contributed by atoms with Gasteiger partial charge < -0.3 is 4.90 Å². The molecule has 1 atom stereocenters. The van der Waals surface area contributed by atoms with Crippen LogP contribution in [0.2, 0.25) is 0 Å². The number of aromatic amines is 2. The van der Waals surface area contributed by atoms with Crippen molar-refractivity contribution >= 4 is 5.91 Å². The zero-order valence-corrected chi connectivity index (χ0v) is 13.9. The molecule has 1 aliphatic carbocycles. The summed E-state index contributed by atoms with van der Waals surface area (Å²) in [4.78, 5) is 29.0. The van der Waals surface area contributed by atoms with Crippen molar-refractivity contribution in [3.05, 3.63) is 50.7 Å². The van der Waals surface area contributed by atoms with Gasteiger partial charge in [0.05, 0.1) is 0 Å². The highest BCUT2D eigenvalue weighted by Gasteiger charge is 2.29. The molecule has 2 N–H and O–H groups in total. The van der Waals surface area contributed by atoms with Gasteiger partial charge in [0.15, 0.2) is 0 Å². The highest BCUT2D eigenvalue weighted by molar-refractivity contribution is 5.96. The maximum absolute atomic E-state index is 13.1. The predicted molar refractivity (Wildman–Crippen MR) is 90.3 cm³/mol. The molecule has 1 aromatic heterocycles. The number of nitrogens with one attached hydrogen (secondary N) is 2. The van der Waals surface area contributed by atoms with Crippen LogP contribution in [0.25, 0.3) is 0 Å². The van der Waals surface area contributed by atoms with Crippen LogP contribution in [0.1, 0.15) is 58.1 Å². The minimum atomic E-state index is -0.287. The largest absolute Gasteiger partial charge is 0.340 e. The first kappa shape index (κ1) is 15.2. The number of fused-ring (bicyclic) bond motifs is 1. The normalized spacial score (nSPS) is 20.2. The summed E-state index contributed by atoms with van der Waals surface area (Å²) in [5, 5.41) is 6.46. The monoisotopic (exact) mass is 326 g/mol. The van der Waals surface area contributed by atoms with Crippen molar-refractivity contribution in [2.24, 2.45) is 0 Å². The Hall–Kier alpha value is -2.37. The van der Waals surface area contributed by atoms with E-state index < -0.39 is 0 Å². The third-order valence-electron chi connectivity index (χ3n) is 5.36. The van der Waals surface area contributed by atoms with Crippen LogP contribution in [-0.2, 0) is 12.8 Å². The number of carbonyl (C=O) groups excluding carboxylic acids is 1. The third kappa shape index (κ3) is 2.56. The van der Waals surface area contributed by atoms with E-state index in [2.05, 4.69) is 28.2 Å². The molecule has 0 bridgehead atoms. The number of aryl methyl sites for hydroxylation is 1. The smallest absolute Gasteiger partial charge is 0.338 e. The highest BCUT2D eigenvalue weighted by atomic mass is 16.2. The molecule has 0 unspecified atom stereocenters. The molecule has 24 heavy (non-hydrogen) atoms. The van der Waals surface area contributed by atoms with E-state index in [0.717, 1.165) is 44.2 Å². The number of rotatable bonds is 2. The van der Waals surface area contributed by atoms with E-state index in [0.29, 0.717) is 12.4 Å². The number of likely N-dealkylation sites (tertiary alicyclic amines) is 1. The van der Waals surface area contributed by atoms with Crippen LogP contribution < -0.4 is 5.69 Å². The van der Waals surface area contributed by atoms with Gasteiger partial charge in [-0.2, -0.15) is 5.10 Å². The lowest BCUT2D eigenvalue weighted by Crippen LogP contribution is -2.39. The number of carbonyl (C=O) groups is 1. The average Bonchev–Trinajstić information content (AvgIpc) is 3.24. The van der Waals surface area contributed by atoms with Crippen molar-refractivity contribution < 1.29 is 4.79 Å². The molecular weight excluding hydrogens is 304 g/mol. The molecule has 4 rings (SSSR count). The van der Waals surface area contributed by atoms with Crippen LogP contribution in [0.5, 0.6) is 0 Å². The fourth-order valence-corrected chi connectivity index (χ4v) is 4.12. The van der Waals surface area contributed by atoms with Gasteiger partial charge in [0.25, 0.3) is 5.91 Å². The van der Waals surface area contributed by atoms with Gasteiger partial charge in [0.1, 0.15) is 5.82 Å². The maximum Gasteiger partial charge on any atom is 0.340 e. The van der Waals surface area contributed by atoms with E-state index >= 15 is 0 Å². The third-order valence-corrected chi connectivity index (χ3v) is 5.36. The molecule has 1 saturated heterocycles. The summed E-state index contributed by atoms with van der Waals surface area (Å²) in [6.45, 7) is 3.51. The summed E-state index contributed by atoms with van der Waals surface area (Å²) in [7, 11) is 0. The molecule has 2 heterocycles. The van der Waals surface area contributed by atoms with Crippen LogP contribution in [-0.4, -0.2) is 39.1 Å². The molecule has 1 aliphatic heterocycles. The van der Waals surface area contributed by atoms with Gasteiger partial charge in [-0.05, 0) is 61.8 Å². The lowest BCUT2D eigenvalue weighted by molar-refractivity contribution is 0.0703. The summed E-state index contributed by atoms with van der Waals surface area (Å²) < 4.78 is 0. The van der Waals surface area contributed by atoms with Crippen LogP contribution in [0, 0.1) is 6.92 Å². The zero-order valence-electron chi connectivity index (χ0n) is 13.9. The fraction of sp³-hybridized carbons (Fsp3) is 0.500. The van der Waals surface area contributed by atoms with E-state index in [4.69, 9.17) is 0 Å². The summed E-state index contributed by atoms with van der Waals surface area (Å²) in [6, 6.07) is 4.06. The number of hydrogen-bond donors (Lipinski definition) is 2. The first-order chi connectivity index (χ1) is 11.6. The Balaban J connectivity index is 1.59. The van der Waals surface area contributed by atoms with Gasteiger partial charge in [0, 0.05) is 24.6 Å². The summed E-state index contributed by atoms with van der Waals surface area (Å²) >= 11 is 0. The van der Waals surface area contributed by atoms with Gasteiger partial charge in [-0.1, -0.05) is 6.07 Å². The van der Waals surface area contributed by atoms with Crippen molar-refractivity contribution in [1.29, 1.82) is 0 Å². The molecule has 6 nitrogen and oxygen atoms in total. The molecule has 0 radical (unpaired) electrons. The Labute approximate surface area is 140 Å². The quantitative estimate of drug-likeness (QED) is 0.884. The van der Waals surface area contributed by atoms with Gasteiger partial charge in [0.2, 0.25) is 0 Å². The number of aromatic nitrogens is 3. The van der Waals surface area contributed by atoms with Gasteiger partial charge in [-0.15, -0.1) is 0 Å². The van der Waals surface area contributed by atoms with Gasteiger partial charge in [-0.3, -0.25) is 9.78 Å². The van der Waals surface area contributed by atoms with E-state index in [9.17, 15) is 9.59 Å². The Morgan fingerprint density at radius 3 is 2.88 bits per heavy atom. The number of hydrogen-bond acceptors (Lipinski definition) is 3. The second kappa shape index (κ2) is 5.92. The van der Waals surface area contributed by atoms with Crippen molar-refractivity contribution in [2.75, 3.05) is 13.1 Å². The second-order valence-electron chi connectivity index (χ2n) is 6.89. The number of amides is 1. The molecule has 126 valence electrons. The minimum Gasteiger partial charge on any atom is -0.338 e. The predicted octanol–water partition coefficient (Wildman–Crippen LogP) is 1.91. The first-order valence-corrected chi connectivity index (χ1v) is 8.68. The van der Waals surface area contributed by atoms with E-state index in [1.165, 1.54) is 16.7 Å². The Bertz CT molecular complexity index is 836. The van der Waals surface area contributed by atoms with Crippen molar-refractivity contribution in [3.8, 4) is 0 Å². The lowest BCUT2D eigenvalue weighted by Gasteiger charge is -2.32. The van der Waals surface area contributed by atoms with Crippen LogP contribution in [0.4, 0.5) is 0 Å². The van der Waals surface area contributed by atoms with Crippen molar-refractivity contribution in [2.45, 2.75) is 44.9 Å². The SMILES string of the molecule is Cc1ccc(C(=O)N2CCC[C@@H](c3n[nH]c(=O)[nH]3)C2)c2c1CCC2. The highest BCUT2D eigenvalue weighted by Crippen LogP contribution is 2.31. The van der Waals surface area contributed by atoms with E-state index in [1.54, 1.807) is 0 Å². The lowest BCUT2D eigenvalue weighted by atomic mass is 9.94. The van der Waals surface area contributed by atoms with Crippen LogP contribution in [0.15, 0.2) is 16.9 Å². The topological polar surface area (TPSA) is 81.8 Å². The Morgan fingerprint density at radius 2 is 2.08 bits per heavy atom. The van der Waals surface area contributed by atoms with E-state index in [1.807, 2.05) is 11.0 Å². The minimum absolute atomic E-state index is 0.0974. The summed E-state index contributed by atoms with van der Waals surface area (Å²) in [5.74, 6) is 0.877. The molecule has 2 aliphatic rings. The first-order valence-electron chi connectivity index (χ1n) is 8.68. The van der Waals surface area contributed by atoms with Crippen molar-refractivity contribution in [1.82, 2.24) is 20.1 Å². The average molecular weight is 326 g/mol. The number of benzene rings is 1. The van der Waals surface area contributed by atoms with Crippen LogP contribution >= 0.6 is 0 Å². The second-order valence-corrected chi connectivity index (χ2v) is 6.89. The van der Waals surface area contributed by atoms with Gasteiger partial charge >= 0.3 is 5.69 Å². The molecule has 0 spiro atoms.